The minimum absolute atomic E-state index is 0.104. The van der Waals surface area contributed by atoms with Crippen LogP contribution in [-0.4, -0.2) is 48.4 Å². The van der Waals surface area contributed by atoms with Gasteiger partial charge in [0.25, 0.3) is 5.91 Å². The first-order chi connectivity index (χ1) is 9.62. The fourth-order valence-corrected chi connectivity index (χ4v) is 2.85. The maximum atomic E-state index is 12.5. The van der Waals surface area contributed by atoms with Gasteiger partial charge >= 0.3 is 0 Å². The molecule has 0 saturated carbocycles. The Balaban J connectivity index is 1.79. The number of hydrogen-bond donors (Lipinski definition) is 1. The summed E-state index contributed by atoms with van der Waals surface area (Å²) >= 11 is 0. The summed E-state index contributed by atoms with van der Waals surface area (Å²) < 4.78 is 10.4. The highest BCUT2D eigenvalue weighted by Crippen LogP contribution is 2.27. The van der Waals surface area contributed by atoms with Crippen molar-refractivity contribution in [2.24, 2.45) is 0 Å². The Labute approximate surface area is 118 Å². The third-order valence-corrected chi connectivity index (χ3v) is 4.11. The van der Waals surface area contributed by atoms with E-state index >= 15 is 0 Å². The molecule has 1 atom stereocenters. The Morgan fingerprint density at radius 1 is 1.45 bits per heavy atom. The number of nitrogens with zero attached hydrogens (tertiary/aromatic N) is 1. The molecule has 5 nitrogen and oxygen atoms in total. The Morgan fingerprint density at radius 3 is 3.00 bits per heavy atom. The third-order valence-electron chi connectivity index (χ3n) is 4.11. The second-order valence-electron chi connectivity index (χ2n) is 5.45. The molecule has 0 aromatic heterocycles. The fourth-order valence-electron chi connectivity index (χ4n) is 2.85. The molecule has 1 N–H and O–H groups in total. The van der Waals surface area contributed by atoms with Gasteiger partial charge in [-0.2, -0.15) is 0 Å². The van der Waals surface area contributed by atoms with Crippen LogP contribution in [0.5, 0.6) is 5.75 Å². The van der Waals surface area contributed by atoms with Crippen LogP contribution in [0.3, 0.4) is 0 Å². The van der Waals surface area contributed by atoms with Gasteiger partial charge in [0.15, 0.2) is 5.60 Å². The summed E-state index contributed by atoms with van der Waals surface area (Å²) in [4.78, 5) is 14.2. The average molecular weight is 277 g/mol. The molecule has 0 spiro atoms. The molecular formula is C15H19NO4. The minimum atomic E-state index is -1.34. The zero-order chi connectivity index (χ0) is 14.2. The highest BCUT2D eigenvalue weighted by Gasteiger charge is 2.43. The van der Waals surface area contributed by atoms with Crippen molar-refractivity contribution < 1.29 is 19.4 Å². The van der Waals surface area contributed by atoms with Crippen molar-refractivity contribution in [1.82, 2.24) is 4.90 Å². The van der Waals surface area contributed by atoms with Gasteiger partial charge in [0.05, 0.1) is 20.3 Å². The molecule has 1 amide bonds. The molecule has 3 rings (SSSR count). The molecule has 1 aromatic carbocycles. The molecule has 1 saturated heterocycles. The van der Waals surface area contributed by atoms with Crippen LogP contribution in [0, 0.1) is 0 Å². The van der Waals surface area contributed by atoms with Gasteiger partial charge in [-0.05, 0) is 29.7 Å². The third kappa shape index (κ3) is 2.27. The molecular weight excluding hydrogens is 258 g/mol. The largest absolute Gasteiger partial charge is 0.497 e. The normalized spacial score (nSPS) is 25.4. The number of hydrogen-bond acceptors (Lipinski definition) is 4. The summed E-state index contributed by atoms with van der Waals surface area (Å²) in [6.45, 7) is 1.71. The van der Waals surface area contributed by atoms with E-state index in [1.54, 1.807) is 12.0 Å². The maximum Gasteiger partial charge on any atom is 0.257 e. The van der Waals surface area contributed by atoms with E-state index in [-0.39, 0.29) is 12.5 Å². The molecule has 0 aliphatic carbocycles. The lowest BCUT2D eigenvalue weighted by Crippen LogP contribution is -2.50. The predicted molar refractivity (Wildman–Crippen MR) is 72.5 cm³/mol. The van der Waals surface area contributed by atoms with E-state index in [4.69, 9.17) is 9.47 Å². The summed E-state index contributed by atoms with van der Waals surface area (Å²) in [5.41, 5.74) is 0.993. The van der Waals surface area contributed by atoms with E-state index in [1.807, 2.05) is 18.2 Å². The summed E-state index contributed by atoms with van der Waals surface area (Å²) in [6, 6.07) is 5.95. The topological polar surface area (TPSA) is 59.0 Å². The van der Waals surface area contributed by atoms with Crippen LogP contribution in [0.15, 0.2) is 18.2 Å². The van der Waals surface area contributed by atoms with E-state index < -0.39 is 5.60 Å². The van der Waals surface area contributed by atoms with Gasteiger partial charge in [-0.25, -0.2) is 0 Å². The molecule has 1 fully saturated rings. The SMILES string of the molecule is COc1ccc2c(c1)CN(C(=O)C1(O)CCOC1)CC2. The monoisotopic (exact) mass is 277 g/mol. The molecule has 1 unspecified atom stereocenters. The number of carbonyl (C=O) groups excluding carboxylic acids is 1. The number of ether oxygens (including phenoxy) is 2. The van der Waals surface area contributed by atoms with Crippen LogP contribution < -0.4 is 4.74 Å². The summed E-state index contributed by atoms with van der Waals surface area (Å²) in [5.74, 6) is 0.574. The lowest BCUT2D eigenvalue weighted by molar-refractivity contribution is -0.152. The molecule has 20 heavy (non-hydrogen) atoms. The lowest BCUT2D eigenvalue weighted by Gasteiger charge is -2.33. The van der Waals surface area contributed by atoms with E-state index in [9.17, 15) is 9.90 Å². The fraction of sp³-hybridized carbons (Fsp3) is 0.533. The van der Waals surface area contributed by atoms with E-state index in [1.165, 1.54) is 5.56 Å². The van der Waals surface area contributed by atoms with Gasteiger partial charge in [0.1, 0.15) is 5.75 Å². The van der Waals surface area contributed by atoms with Crippen LogP contribution in [-0.2, 0) is 22.5 Å². The number of aliphatic hydroxyl groups is 1. The highest BCUT2D eigenvalue weighted by molar-refractivity contribution is 5.85. The van der Waals surface area contributed by atoms with Crippen LogP contribution in [0.25, 0.3) is 0 Å². The van der Waals surface area contributed by atoms with Crippen molar-refractivity contribution in [3.05, 3.63) is 29.3 Å². The highest BCUT2D eigenvalue weighted by atomic mass is 16.5. The molecule has 2 heterocycles. The van der Waals surface area contributed by atoms with Crippen LogP contribution in [0.4, 0.5) is 0 Å². The Bertz CT molecular complexity index is 523. The summed E-state index contributed by atoms with van der Waals surface area (Å²) in [5, 5.41) is 10.3. The Hall–Kier alpha value is -1.59. The second-order valence-corrected chi connectivity index (χ2v) is 5.45. The van der Waals surface area contributed by atoms with Crippen molar-refractivity contribution in [2.45, 2.75) is 25.0 Å². The molecule has 0 radical (unpaired) electrons. The maximum absolute atomic E-state index is 12.5. The predicted octanol–water partition coefficient (Wildman–Crippen LogP) is 0.731. The van der Waals surface area contributed by atoms with Gasteiger partial charge < -0.3 is 19.5 Å². The van der Waals surface area contributed by atoms with Gasteiger partial charge in [0, 0.05) is 19.5 Å². The molecule has 2 aliphatic heterocycles. The zero-order valence-corrected chi connectivity index (χ0v) is 11.6. The van der Waals surface area contributed by atoms with Crippen molar-refractivity contribution in [3.8, 4) is 5.75 Å². The number of carbonyl (C=O) groups is 1. The lowest BCUT2D eigenvalue weighted by atomic mass is 9.96. The zero-order valence-electron chi connectivity index (χ0n) is 11.6. The number of benzene rings is 1. The molecule has 108 valence electrons. The van der Waals surface area contributed by atoms with Gasteiger partial charge in [-0.1, -0.05) is 6.07 Å². The minimum Gasteiger partial charge on any atom is -0.497 e. The van der Waals surface area contributed by atoms with Gasteiger partial charge in [-0.15, -0.1) is 0 Å². The number of methoxy groups -OCH3 is 1. The number of fused-ring (bicyclic) bond motifs is 1. The Kier molecular flexibility index (Phi) is 3.40. The van der Waals surface area contributed by atoms with Crippen LogP contribution >= 0.6 is 0 Å². The molecule has 2 aliphatic rings. The molecule has 1 aromatic rings. The molecule has 5 heteroatoms. The first-order valence-corrected chi connectivity index (χ1v) is 6.88. The van der Waals surface area contributed by atoms with Crippen molar-refractivity contribution in [2.75, 3.05) is 26.9 Å². The second kappa shape index (κ2) is 5.07. The van der Waals surface area contributed by atoms with Gasteiger partial charge in [-0.3, -0.25) is 4.79 Å². The Morgan fingerprint density at radius 2 is 2.30 bits per heavy atom. The van der Waals surface area contributed by atoms with Crippen molar-refractivity contribution >= 4 is 5.91 Å². The standard InChI is InChI=1S/C15H19NO4/c1-19-13-3-2-11-4-6-16(9-12(11)8-13)14(17)15(18)5-7-20-10-15/h2-3,8,18H,4-7,9-10H2,1H3. The first kappa shape index (κ1) is 13.4. The van der Waals surface area contributed by atoms with E-state index in [0.29, 0.717) is 26.1 Å². The van der Waals surface area contributed by atoms with Crippen LogP contribution in [0.2, 0.25) is 0 Å². The van der Waals surface area contributed by atoms with E-state index in [2.05, 4.69) is 0 Å². The molecule has 0 bridgehead atoms. The first-order valence-electron chi connectivity index (χ1n) is 6.88. The summed E-state index contributed by atoms with van der Waals surface area (Å²) in [7, 11) is 1.63. The smallest absolute Gasteiger partial charge is 0.257 e. The van der Waals surface area contributed by atoms with Gasteiger partial charge in [0.2, 0.25) is 0 Å². The number of rotatable bonds is 2. The van der Waals surface area contributed by atoms with Crippen molar-refractivity contribution in [1.29, 1.82) is 0 Å². The quantitative estimate of drug-likeness (QED) is 0.866. The van der Waals surface area contributed by atoms with Crippen LogP contribution in [0.1, 0.15) is 17.5 Å². The van der Waals surface area contributed by atoms with Crippen molar-refractivity contribution in [3.63, 3.8) is 0 Å². The summed E-state index contributed by atoms with van der Waals surface area (Å²) in [6.07, 6.45) is 1.19. The van der Waals surface area contributed by atoms with E-state index in [0.717, 1.165) is 17.7 Å². The number of amides is 1. The average Bonchev–Trinajstić information content (AvgIpc) is 2.93.